The van der Waals surface area contributed by atoms with Gasteiger partial charge in [-0.2, -0.15) is 0 Å². The Morgan fingerprint density at radius 2 is 1.35 bits per heavy atom. The van der Waals surface area contributed by atoms with E-state index in [-0.39, 0.29) is 31.2 Å². The Morgan fingerprint density at radius 1 is 0.808 bits per heavy atom. The van der Waals surface area contributed by atoms with Crippen LogP contribution in [0.5, 0.6) is 0 Å². The molecule has 1 heterocycles. The summed E-state index contributed by atoms with van der Waals surface area (Å²) in [5.74, 6) is -0.276. The van der Waals surface area contributed by atoms with Crippen LogP contribution in [0, 0.1) is 0 Å². The number of ether oxygens (including phenoxy) is 4. The fourth-order valence-electron chi connectivity index (χ4n) is 2.68. The summed E-state index contributed by atoms with van der Waals surface area (Å²) >= 11 is 0. The fourth-order valence-corrected chi connectivity index (χ4v) is 2.68. The van der Waals surface area contributed by atoms with Gasteiger partial charge in [-0.05, 0) is 11.1 Å². The van der Waals surface area contributed by atoms with E-state index in [1.54, 1.807) is 0 Å². The van der Waals surface area contributed by atoms with Crippen LogP contribution in [-0.4, -0.2) is 38.0 Å². The van der Waals surface area contributed by atoms with E-state index in [9.17, 15) is 4.79 Å². The molecule has 138 valence electrons. The SMILES string of the molecule is O=C1CCOCC(OCc2ccccc2)[C@@H](OCc2ccccc2)CO1. The second kappa shape index (κ2) is 10.1. The van der Waals surface area contributed by atoms with E-state index < -0.39 is 0 Å². The normalized spacial score (nSPS) is 21.3. The minimum Gasteiger partial charge on any atom is -0.463 e. The predicted octanol–water partition coefficient (Wildman–Crippen LogP) is 3.12. The minimum atomic E-state index is -0.388. The van der Waals surface area contributed by atoms with Gasteiger partial charge in [0.2, 0.25) is 0 Å². The summed E-state index contributed by atoms with van der Waals surface area (Å²) in [4.78, 5) is 11.7. The third kappa shape index (κ3) is 5.95. The average molecular weight is 356 g/mol. The highest BCUT2D eigenvalue weighted by molar-refractivity contribution is 5.69. The van der Waals surface area contributed by atoms with Crippen LogP contribution < -0.4 is 0 Å². The first-order chi connectivity index (χ1) is 12.8. The van der Waals surface area contributed by atoms with E-state index in [1.807, 2.05) is 60.7 Å². The summed E-state index contributed by atoms with van der Waals surface area (Å²) < 4.78 is 23.0. The van der Waals surface area contributed by atoms with Gasteiger partial charge in [-0.25, -0.2) is 0 Å². The Hall–Kier alpha value is -2.21. The predicted molar refractivity (Wildman–Crippen MR) is 96.4 cm³/mol. The monoisotopic (exact) mass is 356 g/mol. The van der Waals surface area contributed by atoms with Gasteiger partial charge < -0.3 is 18.9 Å². The van der Waals surface area contributed by atoms with Crippen molar-refractivity contribution in [3.05, 3.63) is 71.8 Å². The Bertz CT molecular complexity index is 659. The molecule has 3 rings (SSSR count). The smallest absolute Gasteiger partial charge is 0.308 e. The van der Waals surface area contributed by atoms with E-state index in [2.05, 4.69) is 0 Å². The van der Waals surface area contributed by atoms with Crippen molar-refractivity contribution in [2.45, 2.75) is 31.8 Å². The highest BCUT2D eigenvalue weighted by Gasteiger charge is 2.27. The summed E-state index contributed by atoms with van der Waals surface area (Å²) in [6.45, 7) is 1.73. The Kier molecular flexibility index (Phi) is 7.19. The van der Waals surface area contributed by atoms with Gasteiger partial charge in [-0.1, -0.05) is 60.7 Å². The first-order valence-electron chi connectivity index (χ1n) is 8.85. The van der Waals surface area contributed by atoms with Crippen molar-refractivity contribution in [1.82, 2.24) is 0 Å². The maximum absolute atomic E-state index is 11.7. The molecule has 0 saturated carbocycles. The molecule has 26 heavy (non-hydrogen) atoms. The van der Waals surface area contributed by atoms with Crippen LogP contribution in [0.25, 0.3) is 0 Å². The zero-order valence-corrected chi connectivity index (χ0v) is 14.7. The topological polar surface area (TPSA) is 54.0 Å². The number of benzene rings is 2. The molecular weight excluding hydrogens is 332 g/mol. The molecular formula is C21H24O5. The third-order valence-corrected chi connectivity index (χ3v) is 4.17. The summed E-state index contributed by atoms with van der Waals surface area (Å²) in [6, 6.07) is 19.8. The number of cyclic esters (lactones) is 1. The van der Waals surface area contributed by atoms with Crippen LogP contribution >= 0.6 is 0 Å². The highest BCUT2D eigenvalue weighted by Crippen LogP contribution is 2.15. The lowest BCUT2D eigenvalue weighted by Gasteiger charge is -2.26. The van der Waals surface area contributed by atoms with Gasteiger partial charge in [-0.15, -0.1) is 0 Å². The largest absolute Gasteiger partial charge is 0.463 e. The van der Waals surface area contributed by atoms with Crippen molar-refractivity contribution in [2.75, 3.05) is 19.8 Å². The zero-order chi connectivity index (χ0) is 18.0. The molecule has 0 bridgehead atoms. The number of hydrogen-bond acceptors (Lipinski definition) is 5. The van der Waals surface area contributed by atoms with E-state index in [1.165, 1.54) is 0 Å². The van der Waals surface area contributed by atoms with Gasteiger partial charge in [-0.3, -0.25) is 4.79 Å². The maximum atomic E-state index is 11.7. The van der Waals surface area contributed by atoms with E-state index in [0.717, 1.165) is 11.1 Å². The van der Waals surface area contributed by atoms with Crippen LogP contribution in [0.3, 0.4) is 0 Å². The molecule has 0 amide bonds. The first-order valence-corrected chi connectivity index (χ1v) is 8.85. The van der Waals surface area contributed by atoms with Gasteiger partial charge >= 0.3 is 5.97 Å². The second-order valence-corrected chi connectivity index (χ2v) is 6.18. The average Bonchev–Trinajstić information content (AvgIpc) is 2.77. The van der Waals surface area contributed by atoms with Crippen molar-refractivity contribution in [2.24, 2.45) is 0 Å². The molecule has 1 unspecified atom stereocenters. The molecule has 0 spiro atoms. The molecule has 2 atom stereocenters. The molecule has 1 saturated heterocycles. The summed E-state index contributed by atoms with van der Waals surface area (Å²) in [6.07, 6.45) is -0.456. The van der Waals surface area contributed by atoms with Gasteiger partial charge in [0.05, 0.1) is 32.8 Å². The van der Waals surface area contributed by atoms with E-state index >= 15 is 0 Å². The molecule has 0 aliphatic carbocycles. The Morgan fingerprint density at radius 3 is 1.92 bits per heavy atom. The second-order valence-electron chi connectivity index (χ2n) is 6.18. The van der Waals surface area contributed by atoms with Gasteiger partial charge in [0.15, 0.2) is 0 Å². The van der Waals surface area contributed by atoms with Crippen molar-refractivity contribution in [3.63, 3.8) is 0 Å². The van der Waals surface area contributed by atoms with Crippen molar-refractivity contribution >= 4 is 5.97 Å². The molecule has 5 heteroatoms. The number of rotatable bonds is 6. The molecule has 1 fully saturated rings. The lowest BCUT2D eigenvalue weighted by molar-refractivity contribution is -0.154. The molecule has 1 aliphatic rings. The standard InChI is InChI=1S/C21H24O5/c22-21-11-12-23-15-19(24-13-17-7-3-1-4-8-17)20(16-26-21)25-14-18-9-5-2-6-10-18/h1-10,19-20H,11-16H2/t19?,20-/m0/s1. The summed E-state index contributed by atoms with van der Waals surface area (Å²) in [5.41, 5.74) is 2.13. The first kappa shape index (κ1) is 18.6. The minimum absolute atomic E-state index is 0.161. The third-order valence-electron chi connectivity index (χ3n) is 4.17. The van der Waals surface area contributed by atoms with Gasteiger partial charge in [0.25, 0.3) is 0 Å². The Balaban J connectivity index is 1.64. The maximum Gasteiger partial charge on any atom is 0.308 e. The van der Waals surface area contributed by atoms with Crippen LogP contribution in [-0.2, 0) is 37.0 Å². The molecule has 0 N–H and O–H groups in total. The molecule has 2 aromatic rings. The molecule has 5 nitrogen and oxygen atoms in total. The van der Waals surface area contributed by atoms with E-state index in [4.69, 9.17) is 18.9 Å². The van der Waals surface area contributed by atoms with Crippen molar-refractivity contribution in [3.8, 4) is 0 Å². The summed E-state index contributed by atoms with van der Waals surface area (Å²) in [7, 11) is 0. The van der Waals surface area contributed by atoms with Gasteiger partial charge in [0, 0.05) is 0 Å². The number of carbonyl (C=O) groups excluding carboxylic acids is 1. The fraction of sp³-hybridized carbons (Fsp3) is 0.381. The Labute approximate surface area is 153 Å². The quantitative estimate of drug-likeness (QED) is 0.745. The molecule has 2 aromatic carbocycles. The lowest BCUT2D eigenvalue weighted by atomic mass is 10.2. The van der Waals surface area contributed by atoms with Gasteiger partial charge in [0.1, 0.15) is 18.8 Å². The summed E-state index contributed by atoms with van der Waals surface area (Å²) in [5, 5.41) is 0. The molecule has 1 aliphatic heterocycles. The van der Waals surface area contributed by atoms with Crippen LogP contribution in [0.4, 0.5) is 0 Å². The van der Waals surface area contributed by atoms with Crippen LogP contribution in [0.15, 0.2) is 60.7 Å². The number of hydrogen-bond donors (Lipinski definition) is 0. The highest BCUT2D eigenvalue weighted by atomic mass is 16.6. The molecule has 0 aromatic heterocycles. The number of carbonyl (C=O) groups is 1. The van der Waals surface area contributed by atoms with Crippen LogP contribution in [0.1, 0.15) is 17.5 Å². The van der Waals surface area contributed by atoms with Crippen LogP contribution in [0.2, 0.25) is 0 Å². The zero-order valence-electron chi connectivity index (χ0n) is 14.7. The van der Waals surface area contributed by atoms with Crippen molar-refractivity contribution in [1.29, 1.82) is 0 Å². The molecule has 0 radical (unpaired) electrons. The number of esters is 1. The lowest BCUT2D eigenvalue weighted by Crippen LogP contribution is -2.38. The van der Waals surface area contributed by atoms with E-state index in [0.29, 0.717) is 26.4 Å². The van der Waals surface area contributed by atoms with Crippen molar-refractivity contribution < 1.29 is 23.7 Å².